The molecule has 0 aromatic carbocycles. The third kappa shape index (κ3) is 2.39. The van der Waals surface area contributed by atoms with Crippen LogP contribution in [0.4, 0.5) is 9.18 Å². The standard InChI is InChI=1S/C12H21FN2O2/c1-11(2,3)17-10(16)15-12-4-8(5-13)9(12)6-14-7-12/h8-9,14H,4-7H2,1-3H3,(H,15,16)/t8-,9+,12-/m1/s1. The van der Waals surface area contributed by atoms with Gasteiger partial charge in [-0.1, -0.05) is 0 Å². The highest BCUT2D eigenvalue weighted by molar-refractivity contribution is 5.69. The van der Waals surface area contributed by atoms with Crippen LogP contribution in [0.5, 0.6) is 0 Å². The van der Waals surface area contributed by atoms with E-state index < -0.39 is 11.7 Å². The van der Waals surface area contributed by atoms with Gasteiger partial charge in [0.05, 0.1) is 12.2 Å². The van der Waals surface area contributed by atoms with Gasteiger partial charge in [-0.15, -0.1) is 0 Å². The summed E-state index contributed by atoms with van der Waals surface area (Å²) < 4.78 is 17.9. The molecule has 0 spiro atoms. The lowest BCUT2D eigenvalue weighted by Gasteiger charge is -2.50. The first-order chi connectivity index (χ1) is 7.86. The van der Waals surface area contributed by atoms with Gasteiger partial charge in [0, 0.05) is 19.0 Å². The summed E-state index contributed by atoms with van der Waals surface area (Å²) in [6.07, 6.45) is 0.309. The van der Waals surface area contributed by atoms with Crippen molar-refractivity contribution in [2.24, 2.45) is 11.8 Å². The van der Waals surface area contributed by atoms with Gasteiger partial charge in [0.1, 0.15) is 5.60 Å². The molecule has 17 heavy (non-hydrogen) atoms. The number of rotatable bonds is 2. The SMILES string of the molecule is CC(C)(C)OC(=O)N[C@]12CNC[C@H]1[C@@H](CF)C2. The van der Waals surface area contributed by atoms with E-state index >= 15 is 0 Å². The fraction of sp³-hybridized carbons (Fsp3) is 0.917. The molecule has 0 aromatic rings. The molecule has 1 aliphatic carbocycles. The smallest absolute Gasteiger partial charge is 0.408 e. The van der Waals surface area contributed by atoms with Crippen LogP contribution >= 0.6 is 0 Å². The molecule has 5 heteroatoms. The second-order valence-corrected chi connectivity index (χ2v) is 6.14. The molecule has 2 rings (SSSR count). The van der Waals surface area contributed by atoms with Gasteiger partial charge in [-0.3, -0.25) is 4.39 Å². The second-order valence-electron chi connectivity index (χ2n) is 6.14. The van der Waals surface area contributed by atoms with Gasteiger partial charge in [-0.2, -0.15) is 0 Å². The maximum absolute atomic E-state index is 12.7. The molecule has 2 aliphatic rings. The van der Waals surface area contributed by atoms with Crippen LogP contribution in [0, 0.1) is 11.8 Å². The van der Waals surface area contributed by atoms with E-state index in [1.807, 2.05) is 20.8 Å². The van der Waals surface area contributed by atoms with Crippen LogP contribution in [0.25, 0.3) is 0 Å². The van der Waals surface area contributed by atoms with Gasteiger partial charge < -0.3 is 15.4 Å². The molecule has 1 aliphatic heterocycles. The molecule has 0 aromatic heterocycles. The summed E-state index contributed by atoms with van der Waals surface area (Å²) in [5, 5.41) is 6.14. The molecule has 4 nitrogen and oxygen atoms in total. The van der Waals surface area contributed by atoms with Crippen LogP contribution in [-0.2, 0) is 4.74 Å². The third-order valence-electron chi connectivity index (χ3n) is 3.66. The molecule has 2 fully saturated rings. The van der Waals surface area contributed by atoms with E-state index in [-0.39, 0.29) is 24.0 Å². The third-order valence-corrected chi connectivity index (χ3v) is 3.66. The van der Waals surface area contributed by atoms with Crippen molar-refractivity contribution in [2.45, 2.75) is 38.3 Å². The monoisotopic (exact) mass is 244 g/mol. The summed E-state index contributed by atoms with van der Waals surface area (Å²) in [5.74, 6) is 0.292. The Hall–Kier alpha value is -0.840. The van der Waals surface area contributed by atoms with E-state index in [1.54, 1.807) is 0 Å². The lowest BCUT2D eigenvalue weighted by atomic mass is 9.61. The number of fused-ring (bicyclic) bond motifs is 1. The quantitative estimate of drug-likeness (QED) is 0.773. The normalized spacial score (nSPS) is 36.0. The summed E-state index contributed by atoms with van der Waals surface area (Å²) in [4.78, 5) is 11.7. The number of carbonyl (C=O) groups excluding carboxylic acids is 1. The van der Waals surface area contributed by atoms with Crippen LogP contribution in [0.15, 0.2) is 0 Å². The summed E-state index contributed by atoms with van der Waals surface area (Å²) in [6, 6.07) is 0. The fourth-order valence-corrected chi connectivity index (χ4v) is 2.93. The Balaban J connectivity index is 1.93. The van der Waals surface area contributed by atoms with E-state index in [2.05, 4.69) is 10.6 Å². The molecular formula is C12H21FN2O2. The maximum Gasteiger partial charge on any atom is 0.408 e. The zero-order valence-electron chi connectivity index (χ0n) is 10.7. The number of amides is 1. The van der Waals surface area contributed by atoms with Crippen molar-refractivity contribution in [1.29, 1.82) is 0 Å². The van der Waals surface area contributed by atoms with Crippen LogP contribution in [0.3, 0.4) is 0 Å². The molecule has 1 heterocycles. The maximum atomic E-state index is 12.7. The molecule has 0 unspecified atom stereocenters. The molecule has 0 radical (unpaired) electrons. The van der Waals surface area contributed by atoms with Crippen molar-refractivity contribution < 1.29 is 13.9 Å². The van der Waals surface area contributed by atoms with Crippen molar-refractivity contribution in [3.63, 3.8) is 0 Å². The Morgan fingerprint density at radius 3 is 2.88 bits per heavy atom. The van der Waals surface area contributed by atoms with Gasteiger partial charge in [0.25, 0.3) is 0 Å². The highest BCUT2D eigenvalue weighted by Crippen LogP contribution is 2.46. The largest absolute Gasteiger partial charge is 0.444 e. The lowest BCUT2D eigenvalue weighted by molar-refractivity contribution is 0.00570. The number of ether oxygens (including phenoxy) is 1. The Morgan fingerprint density at radius 1 is 1.59 bits per heavy atom. The van der Waals surface area contributed by atoms with E-state index in [1.165, 1.54) is 0 Å². The first-order valence-electron chi connectivity index (χ1n) is 6.14. The number of halogens is 1. The first kappa shape index (κ1) is 12.6. The Kier molecular flexibility index (Phi) is 3.06. The average molecular weight is 244 g/mol. The highest BCUT2D eigenvalue weighted by atomic mass is 19.1. The van der Waals surface area contributed by atoms with Crippen molar-refractivity contribution >= 4 is 6.09 Å². The zero-order chi connectivity index (χ0) is 12.7. The minimum atomic E-state index is -0.495. The van der Waals surface area contributed by atoms with E-state index in [9.17, 15) is 9.18 Å². The minimum absolute atomic E-state index is 0.0833. The van der Waals surface area contributed by atoms with Crippen LogP contribution in [0.1, 0.15) is 27.2 Å². The predicted molar refractivity (Wildman–Crippen MR) is 62.5 cm³/mol. The van der Waals surface area contributed by atoms with Gasteiger partial charge >= 0.3 is 6.09 Å². The van der Waals surface area contributed by atoms with Gasteiger partial charge in [0.15, 0.2) is 0 Å². The van der Waals surface area contributed by atoms with Crippen LogP contribution in [0.2, 0.25) is 0 Å². The zero-order valence-corrected chi connectivity index (χ0v) is 10.7. The molecular weight excluding hydrogens is 223 g/mol. The first-order valence-corrected chi connectivity index (χ1v) is 6.14. The number of hydrogen-bond donors (Lipinski definition) is 2. The number of alkyl carbamates (subject to hydrolysis) is 1. The van der Waals surface area contributed by atoms with E-state index in [0.29, 0.717) is 13.0 Å². The van der Waals surface area contributed by atoms with Gasteiger partial charge in [-0.05, 0) is 33.1 Å². The van der Waals surface area contributed by atoms with E-state index in [4.69, 9.17) is 4.74 Å². The Morgan fingerprint density at radius 2 is 2.29 bits per heavy atom. The molecule has 3 atom stereocenters. The Labute approximate surface area is 101 Å². The van der Waals surface area contributed by atoms with Crippen LogP contribution < -0.4 is 10.6 Å². The summed E-state index contributed by atoms with van der Waals surface area (Å²) in [5.41, 5.74) is -0.773. The molecule has 1 saturated heterocycles. The van der Waals surface area contributed by atoms with Crippen molar-refractivity contribution in [3.05, 3.63) is 0 Å². The van der Waals surface area contributed by atoms with Crippen molar-refractivity contribution in [3.8, 4) is 0 Å². The van der Waals surface area contributed by atoms with Gasteiger partial charge in [0.2, 0.25) is 0 Å². The van der Waals surface area contributed by atoms with Crippen molar-refractivity contribution in [2.75, 3.05) is 19.8 Å². The minimum Gasteiger partial charge on any atom is -0.444 e. The van der Waals surface area contributed by atoms with E-state index in [0.717, 1.165) is 6.54 Å². The van der Waals surface area contributed by atoms with Crippen LogP contribution in [-0.4, -0.2) is 37.0 Å². The molecule has 0 bridgehead atoms. The Bertz CT molecular complexity index is 316. The molecule has 1 saturated carbocycles. The summed E-state index contributed by atoms with van der Waals surface area (Å²) in [7, 11) is 0. The molecule has 98 valence electrons. The fourth-order valence-electron chi connectivity index (χ4n) is 2.93. The number of carbonyl (C=O) groups is 1. The molecule has 1 amide bonds. The lowest BCUT2D eigenvalue weighted by Crippen LogP contribution is -2.65. The highest BCUT2D eigenvalue weighted by Gasteiger charge is 2.57. The number of hydrogen-bond acceptors (Lipinski definition) is 3. The summed E-state index contributed by atoms with van der Waals surface area (Å²) in [6.45, 7) is 6.70. The second kappa shape index (κ2) is 4.12. The topological polar surface area (TPSA) is 50.4 Å². The number of nitrogens with one attached hydrogen (secondary N) is 2. The van der Waals surface area contributed by atoms with Crippen molar-refractivity contribution in [1.82, 2.24) is 10.6 Å². The number of alkyl halides is 1. The predicted octanol–water partition coefficient (Wildman–Crippen LogP) is 1.46. The average Bonchev–Trinajstić information content (AvgIpc) is 2.44. The summed E-state index contributed by atoms with van der Waals surface area (Å²) >= 11 is 0. The molecule has 2 N–H and O–H groups in total. The van der Waals surface area contributed by atoms with Gasteiger partial charge in [-0.25, -0.2) is 4.79 Å².